The first-order valence-corrected chi connectivity index (χ1v) is 9.75. The van der Waals surface area contributed by atoms with Gasteiger partial charge in [-0.1, -0.05) is 30.3 Å². The number of ether oxygens (including phenoxy) is 1. The molecule has 0 fully saturated rings. The molecule has 0 saturated carbocycles. The van der Waals surface area contributed by atoms with Crippen molar-refractivity contribution >= 4 is 22.9 Å². The summed E-state index contributed by atoms with van der Waals surface area (Å²) in [5.74, 6) is -0.0805. The van der Waals surface area contributed by atoms with Crippen LogP contribution in [0.25, 0.3) is 16.9 Å². The Morgan fingerprint density at radius 2 is 1.90 bits per heavy atom. The van der Waals surface area contributed by atoms with E-state index in [4.69, 9.17) is 4.74 Å². The standard InChI is InChI=1S/C21H23N5O4/c1-5-30-16(27)12-25-19(28)17-18(23(4)21(25)29)22-20-24(17)11-13(2)26(20)14(3)15-9-7-6-8-10-15/h6-11,14H,5,12H2,1-4H3. The highest BCUT2D eigenvalue weighted by Crippen LogP contribution is 2.25. The highest BCUT2D eigenvalue weighted by Gasteiger charge is 2.23. The van der Waals surface area contributed by atoms with Crippen molar-refractivity contribution in [2.24, 2.45) is 7.05 Å². The molecule has 3 heterocycles. The van der Waals surface area contributed by atoms with Crippen LogP contribution < -0.4 is 11.2 Å². The predicted molar refractivity (Wildman–Crippen MR) is 112 cm³/mol. The Bertz CT molecular complexity index is 1370. The lowest BCUT2D eigenvalue weighted by Gasteiger charge is -2.16. The highest BCUT2D eigenvalue weighted by atomic mass is 16.5. The molecule has 9 nitrogen and oxygen atoms in total. The van der Waals surface area contributed by atoms with Crippen LogP contribution in [0, 0.1) is 6.92 Å². The molecule has 3 aromatic heterocycles. The van der Waals surface area contributed by atoms with E-state index in [0.717, 1.165) is 15.8 Å². The monoisotopic (exact) mass is 409 g/mol. The van der Waals surface area contributed by atoms with Crippen molar-refractivity contribution in [3.05, 3.63) is 68.6 Å². The minimum atomic E-state index is -0.636. The van der Waals surface area contributed by atoms with Crippen LogP contribution in [0.5, 0.6) is 0 Å². The largest absolute Gasteiger partial charge is 0.465 e. The number of nitrogens with zero attached hydrogens (tertiary/aromatic N) is 5. The number of esters is 1. The zero-order chi connectivity index (χ0) is 21.6. The fourth-order valence-corrected chi connectivity index (χ4v) is 3.86. The van der Waals surface area contributed by atoms with E-state index in [1.807, 2.05) is 48.0 Å². The molecule has 0 spiro atoms. The summed E-state index contributed by atoms with van der Waals surface area (Å²) in [6, 6.07) is 9.94. The number of carbonyl (C=O) groups is 1. The van der Waals surface area contributed by atoms with Crippen LogP contribution >= 0.6 is 0 Å². The van der Waals surface area contributed by atoms with Crippen LogP contribution in [-0.4, -0.2) is 35.7 Å². The Balaban J connectivity index is 1.97. The van der Waals surface area contributed by atoms with Crippen LogP contribution in [0.2, 0.25) is 0 Å². The van der Waals surface area contributed by atoms with Gasteiger partial charge in [0.1, 0.15) is 6.54 Å². The molecule has 156 valence electrons. The molecule has 1 atom stereocenters. The maximum atomic E-state index is 13.1. The van der Waals surface area contributed by atoms with Gasteiger partial charge in [0.25, 0.3) is 5.56 Å². The summed E-state index contributed by atoms with van der Waals surface area (Å²) in [6.07, 6.45) is 1.82. The molecule has 4 rings (SSSR count). The number of benzene rings is 1. The van der Waals surface area contributed by atoms with Crippen molar-refractivity contribution in [2.45, 2.75) is 33.4 Å². The molecule has 0 saturated heterocycles. The van der Waals surface area contributed by atoms with E-state index in [1.165, 1.54) is 11.6 Å². The molecule has 30 heavy (non-hydrogen) atoms. The number of imidazole rings is 2. The van der Waals surface area contributed by atoms with Crippen molar-refractivity contribution in [2.75, 3.05) is 6.61 Å². The lowest BCUT2D eigenvalue weighted by Crippen LogP contribution is -2.41. The smallest absolute Gasteiger partial charge is 0.333 e. The number of aryl methyl sites for hydroxylation is 2. The van der Waals surface area contributed by atoms with Gasteiger partial charge in [0, 0.05) is 18.9 Å². The lowest BCUT2D eigenvalue weighted by molar-refractivity contribution is -0.143. The Hall–Kier alpha value is -3.62. The molecule has 0 bridgehead atoms. The second kappa shape index (κ2) is 7.33. The molecule has 1 aromatic carbocycles. The van der Waals surface area contributed by atoms with E-state index in [0.29, 0.717) is 5.78 Å². The topological polar surface area (TPSA) is 92.5 Å². The SMILES string of the molecule is CCOC(=O)Cn1c(=O)c2c(nc3n(C(C)c4ccccc4)c(C)cn23)n(C)c1=O. The Morgan fingerprint density at radius 1 is 1.20 bits per heavy atom. The van der Waals surface area contributed by atoms with E-state index in [-0.39, 0.29) is 23.8 Å². The molecule has 0 amide bonds. The fraction of sp³-hybridized carbons (Fsp3) is 0.333. The summed E-state index contributed by atoms with van der Waals surface area (Å²) in [5.41, 5.74) is 1.35. The van der Waals surface area contributed by atoms with E-state index < -0.39 is 23.8 Å². The molecule has 0 aliphatic carbocycles. The van der Waals surface area contributed by atoms with Crippen LogP contribution in [0.15, 0.2) is 46.1 Å². The average molecular weight is 409 g/mol. The van der Waals surface area contributed by atoms with Gasteiger partial charge in [-0.05, 0) is 26.3 Å². The first-order chi connectivity index (χ1) is 14.3. The summed E-state index contributed by atoms with van der Waals surface area (Å²) >= 11 is 0. The Kier molecular flexibility index (Phi) is 4.81. The molecular formula is C21H23N5O4. The zero-order valence-corrected chi connectivity index (χ0v) is 17.3. The van der Waals surface area contributed by atoms with Gasteiger partial charge in [-0.15, -0.1) is 0 Å². The summed E-state index contributed by atoms with van der Waals surface area (Å²) in [7, 11) is 1.54. The Labute approximate surface area is 171 Å². The van der Waals surface area contributed by atoms with E-state index >= 15 is 0 Å². The molecule has 0 radical (unpaired) electrons. The molecular weight excluding hydrogens is 386 g/mol. The minimum Gasteiger partial charge on any atom is -0.465 e. The predicted octanol–water partition coefficient (Wildman–Crippen LogP) is 1.63. The van der Waals surface area contributed by atoms with Crippen LogP contribution in [-0.2, 0) is 23.1 Å². The minimum absolute atomic E-state index is 0.0284. The van der Waals surface area contributed by atoms with Gasteiger partial charge in [0.05, 0.1) is 12.6 Å². The summed E-state index contributed by atoms with van der Waals surface area (Å²) < 4.78 is 10.8. The molecule has 9 heteroatoms. The van der Waals surface area contributed by atoms with E-state index in [9.17, 15) is 14.4 Å². The lowest BCUT2D eigenvalue weighted by atomic mass is 10.1. The third-order valence-corrected chi connectivity index (χ3v) is 5.33. The van der Waals surface area contributed by atoms with Gasteiger partial charge in [0.2, 0.25) is 5.78 Å². The molecule has 0 aliphatic heterocycles. The zero-order valence-electron chi connectivity index (χ0n) is 17.3. The van der Waals surface area contributed by atoms with Crippen molar-refractivity contribution in [1.29, 1.82) is 0 Å². The normalized spacial score (nSPS) is 12.5. The fourth-order valence-electron chi connectivity index (χ4n) is 3.86. The maximum absolute atomic E-state index is 13.1. The van der Waals surface area contributed by atoms with Gasteiger partial charge in [-0.3, -0.25) is 18.6 Å². The van der Waals surface area contributed by atoms with Gasteiger partial charge in [0.15, 0.2) is 11.2 Å². The Morgan fingerprint density at radius 3 is 2.57 bits per heavy atom. The van der Waals surface area contributed by atoms with Gasteiger partial charge in [-0.25, -0.2) is 9.36 Å². The van der Waals surface area contributed by atoms with Gasteiger partial charge < -0.3 is 9.30 Å². The van der Waals surface area contributed by atoms with Crippen molar-refractivity contribution in [3.8, 4) is 0 Å². The number of carbonyl (C=O) groups excluding carboxylic acids is 1. The van der Waals surface area contributed by atoms with Crippen molar-refractivity contribution in [1.82, 2.24) is 23.1 Å². The van der Waals surface area contributed by atoms with Gasteiger partial charge >= 0.3 is 11.7 Å². The van der Waals surface area contributed by atoms with Gasteiger partial charge in [-0.2, -0.15) is 4.98 Å². The van der Waals surface area contributed by atoms with E-state index in [2.05, 4.69) is 11.9 Å². The van der Waals surface area contributed by atoms with Crippen molar-refractivity contribution < 1.29 is 9.53 Å². The second-order valence-electron chi connectivity index (χ2n) is 7.22. The average Bonchev–Trinajstić information content (AvgIpc) is 3.24. The number of fused-ring (bicyclic) bond motifs is 3. The summed E-state index contributed by atoms with van der Waals surface area (Å²) in [4.78, 5) is 42.4. The molecule has 0 N–H and O–H groups in total. The number of aromatic nitrogens is 5. The quantitative estimate of drug-likeness (QED) is 0.467. The third kappa shape index (κ3) is 2.94. The van der Waals surface area contributed by atoms with Crippen LogP contribution in [0.4, 0.5) is 0 Å². The molecule has 0 aliphatic rings. The number of rotatable bonds is 5. The summed E-state index contributed by atoms with van der Waals surface area (Å²) in [5, 5.41) is 0. The molecule has 1 unspecified atom stereocenters. The number of hydrogen-bond acceptors (Lipinski definition) is 5. The van der Waals surface area contributed by atoms with E-state index in [1.54, 1.807) is 11.3 Å². The first-order valence-electron chi connectivity index (χ1n) is 9.75. The first kappa shape index (κ1) is 19.7. The molecule has 4 aromatic rings. The second-order valence-corrected chi connectivity index (χ2v) is 7.22. The van der Waals surface area contributed by atoms with Crippen molar-refractivity contribution in [3.63, 3.8) is 0 Å². The maximum Gasteiger partial charge on any atom is 0.333 e. The van der Waals surface area contributed by atoms with Crippen LogP contribution in [0.3, 0.4) is 0 Å². The third-order valence-electron chi connectivity index (χ3n) is 5.33. The number of hydrogen-bond donors (Lipinski definition) is 0. The highest BCUT2D eigenvalue weighted by molar-refractivity contribution is 5.76. The van der Waals surface area contributed by atoms with Crippen LogP contribution in [0.1, 0.15) is 31.1 Å². The summed E-state index contributed by atoms with van der Waals surface area (Å²) in [6.45, 7) is 5.40.